The lowest BCUT2D eigenvalue weighted by Crippen LogP contribution is -2.53. The molecule has 1 N–H and O–H groups in total. The largest absolute Gasteiger partial charge is 0.478 e. The smallest absolute Gasteiger partial charge is 0.328 e. The van der Waals surface area contributed by atoms with E-state index in [-0.39, 0.29) is 0 Å². The summed E-state index contributed by atoms with van der Waals surface area (Å²) in [6.45, 7) is 1.45. The highest BCUT2D eigenvalue weighted by Crippen LogP contribution is 2.29. The molecule has 78 valence electrons. The van der Waals surface area contributed by atoms with Gasteiger partial charge in [0, 0.05) is 18.2 Å². The molecule has 2 bridgehead atoms. The minimum absolute atomic E-state index is 0.369. The molecule has 0 aromatic carbocycles. The SMILES string of the molecule is CN1C2COCC1CC(=CC(=O)O)C2. The fourth-order valence-electron chi connectivity index (χ4n) is 2.26. The number of aliphatic carboxylic acids is 1. The third kappa shape index (κ3) is 1.81. The number of likely N-dealkylation sites (N-methyl/N-ethyl adjacent to an activating group) is 1. The summed E-state index contributed by atoms with van der Waals surface area (Å²) in [7, 11) is 2.09. The third-order valence-electron chi connectivity index (χ3n) is 3.10. The Hall–Kier alpha value is -0.870. The predicted molar refractivity (Wildman–Crippen MR) is 51.1 cm³/mol. The summed E-state index contributed by atoms with van der Waals surface area (Å²) >= 11 is 0. The Labute approximate surface area is 83.2 Å². The molecule has 2 heterocycles. The Balaban J connectivity index is 2.11. The van der Waals surface area contributed by atoms with E-state index in [1.54, 1.807) is 0 Å². The number of morpholine rings is 1. The molecule has 0 radical (unpaired) electrons. The molecular formula is C10H15NO3. The molecule has 2 aliphatic rings. The van der Waals surface area contributed by atoms with E-state index in [0.717, 1.165) is 31.6 Å². The summed E-state index contributed by atoms with van der Waals surface area (Å²) in [6, 6.07) is 0.737. The Bertz CT molecular complexity index is 259. The number of nitrogens with zero attached hydrogens (tertiary/aromatic N) is 1. The van der Waals surface area contributed by atoms with Crippen molar-refractivity contribution in [3.8, 4) is 0 Å². The summed E-state index contributed by atoms with van der Waals surface area (Å²) < 4.78 is 5.44. The Morgan fingerprint density at radius 2 is 2.07 bits per heavy atom. The third-order valence-corrected chi connectivity index (χ3v) is 3.10. The number of hydrogen-bond acceptors (Lipinski definition) is 3. The average Bonchev–Trinajstić information content (AvgIpc) is 2.05. The Morgan fingerprint density at radius 3 is 2.57 bits per heavy atom. The van der Waals surface area contributed by atoms with Gasteiger partial charge in [-0.2, -0.15) is 0 Å². The molecule has 2 unspecified atom stereocenters. The second kappa shape index (κ2) is 3.71. The number of rotatable bonds is 1. The van der Waals surface area contributed by atoms with Gasteiger partial charge in [0.15, 0.2) is 0 Å². The van der Waals surface area contributed by atoms with Crippen LogP contribution in [-0.2, 0) is 9.53 Å². The normalized spacial score (nSPS) is 32.8. The van der Waals surface area contributed by atoms with Crippen molar-refractivity contribution >= 4 is 5.97 Å². The monoisotopic (exact) mass is 197 g/mol. The number of carbonyl (C=O) groups is 1. The van der Waals surface area contributed by atoms with E-state index in [4.69, 9.17) is 9.84 Å². The van der Waals surface area contributed by atoms with Gasteiger partial charge in [-0.25, -0.2) is 4.79 Å². The van der Waals surface area contributed by atoms with Gasteiger partial charge in [0.05, 0.1) is 13.2 Å². The van der Waals surface area contributed by atoms with Crippen LogP contribution in [0, 0.1) is 0 Å². The first-order chi connectivity index (χ1) is 6.66. The molecule has 2 aliphatic heterocycles. The van der Waals surface area contributed by atoms with E-state index < -0.39 is 5.97 Å². The highest BCUT2D eigenvalue weighted by Gasteiger charge is 2.34. The first kappa shape index (κ1) is 9.68. The van der Waals surface area contributed by atoms with Gasteiger partial charge in [-0.3, -0.25) is 4.90 Å². The second-order valence-corrected chi connectivity index (χ2v) is 4.06. The van der Waals surface area contributed by atoms with Gasteiger partial charge in [-0.1, -0.05) is 5.57 Å². The van der Waals surface area contributed by atoms with Crippen LogP contribution in [0.2, 0.25) is 0 Å². The molecule has 2 atom stereocenters. The van der Waals surface area contributed by atoms with Crippen LogP contribution in [0.1, 0.15) is 12.8 Å². The number of ether oxygens (including phenoxy) is 1. The van der Waals surface area contributed by atoms with Crippen molar-refractivity contribution < 1.29 is 14.6 Å². The summed E-state index contributed by atoms with van der Waals surface area (Å²) in [6.07, 6.45) is 3.02. The van der Waals surface area contributed by atoms with Crippen LogP contribution in [0.15, 0.2) is 11.6 Å². The fourth-order valence-corrected chi connectivity index (χ4v) is 2.26. The lowest BCUT2D eigenvalue weighted by atomic mass is 9.90. The molecule has 4 nitrogen and oxygen atoms in total. The van der Waals surface area contributed by atoms with Crippen molar-refractivity contribution in [1.82, 2.24) is 4.90 Å². The second-order valence-electron chi connectivity index (χ2n) is 4.06. The molecule has 14 heavy (non-hydrogen) atoms. The first-order valence-corrected chi connectivity index (χ1v) is 4.89. The van der Waals surface area contributed by atoms with Crippen molar-refractivity contribution in [2.45, 2.75) is 24.9 Å². The van der Waals surface area contributed by atoms with Crippen molar-refractivity contribution in [2.24, 2.45) is 0 Å². The number of fused-ring (bicyclic) bond motifs is 2. The summed E-state index contributed by atoms with van der Waals surface area (Å²) in [4.78, 5) is 12.9. The molecule has 2 saturated heterocycles. The predicted octanol–water partition coefficient (Wildman–Crippen LogP) is 0.490. The standard InChI is InChI=1S/C10H15NO3/c1-11-8-2-7(4-10(12)13)3-9(11)6-14-5-8/h4,8-9H,2-3,5-6H2,1H3,(H,12,13). The molecule has 0 amide bonds. The van der Waals surface area contributed by atoms with Gasteiger partial charge >= 0.3 is 5.97 Å². The molecule has 4 heteroatoms. The molecule has 0 aromatic rings. The molecule has 0 saturated carbocycles. The van der Waals surface area contributed by atoms with E-state index in [1.165, 1.54) is 6.08 Å². The van der Waals surface area contributed by atoms with E-state index in [9.17, 15) is 4.79 Å². The van der Waals surface area contributed by atoms with E-state index in [0.29, 0.717) is 12.1 Å². The molecular weight excluding hydrogens is 182 g/mol. The zero-order valence-corrected chi connectivity index (χ0v) is 8.27. The average molecular weight is 197 g/mol. The van der Waals surface area contributed by atoms with E-state index in [1.807, 2.05) is 0 Å². The first-order valence-electron chi connectivity index (χ1n) is 4.89. The van der Waals surface area contributed by atoms with Crippen LogP contribution in [0.3, 0.4) is 0 Å². The molecule has 2 fully saturated rings. The van der Waals surface area contributed by atoms with Crippen molar-refractivity contribution in [3.05, 3.63) is 11.6 Å². The Morgan fingerprint density at radius 1 is 1.50 bits per heavy atom. The van der Waals surface area contributed by atoms with Crippen LogP contribution >= 0.6 is 0 Å². The van der Waals surface area contributed by atoms with Crippen LogP contribution < -0.4 is 0 Å². The van der Waals surface area contributed by atoms with Gasteiger partial charge in [0.25, 0.3) is 0 Å². The number of carboxylic acid groups (broad SMARTS) is 1. The topological polar surface area (TPSA) is 49.8 Å². The zero-order chi connectivity index (χ0) is 10.1. The summed E-state index contributed by atoms with van der Waals surface area (Å²) in [5.41, 5.74) is 1.05. The zero-order valence-electron chi connectivity index (χ0n) is 8.27. The molecule has 2 rings (SSSR count). The van der Waals surface area contributed by atoms with Crippen LogP contribution in [0.4, 0.5) is 0 Å². The molecule has 0 spiro atoms. The summed E-state index contributed by atoms with van der Waals surface area (Å²) in [5, 5.41) is 8.67. The van der Waals surface area contributed by atoms with Gasteiger partial charge in [-0.05, 0) is 19.9 Å². The van der Waals surface area contributed by atoms with Gasteiger partial charge < -0.3 is 9.84 Å². The minimum atomic E-state index is -0.830. The quantitative estimate of drug-likeness (QED) is 0.621. The fraction of sp³-hybridized carbons (Fsp3) is 0.700. The van der Waals surface area contributed by atoms with Gasteiger partial charge in [-0.15, -0.1) is 0 Å². The lowest BCUT2D eigenvalue weighted by Gasteiger charge is -2.44. The van der Waals surface area contributed by atoms with Crippen LogP contribution in [-0.4, -0.2) is 48.3 Å². The van der Waals surface area contributed by atoms with Gasteiger partial charge in [0.2, 0.25) is 0 Å². The summed E-state index contributed by atoms with van der Waals surface area (Å²) in [5.74, 6) is -0.830. The van der Waals surface area contributed by atoms with E-state index >= 15 is 0 Å². The highest BCUT2D eigenvalue weighted by atomic mass is 16.5. The van der Waals surface area contributed by atoms with Crippen molar-refractivity contribution in [3.63, 3.8) is 0 Å². The Kier molecular flexibility index (Phi) is 2.56. The van der Waals surface area contributed by atoms with Gasteiger partial charge in [0.1, 0.15) is 0 Å². The molecule has 0 aromatic heterocycles. The maximum atomic E-state index is 10.5. The van der Waals surface area contributed by atoms with Crippen LogP contribution in [0.25, 0.3) is 0 Å². The lowest BCUT2D eigenvalue weighted by molar-refractivity contribution is -0.131. The minimum Gasteiger partial charge on any atom is -0.478 e. The maximum absolute atomic E-state index is 10.5. The number of hydrogen-bond donors (Lipinski definition) is 1. The number of piperidine rings is 1. The maximum Gasteiger partial charge on any atom is 0.328 e. The number of carboxylic acids is 1. The molecule has 0 aliphatic carbocycles. The van der Waals surface area contributed by atoms with Crippen LogP contribution in [0.5, 0.6) is 0 Å². The van der Waals surface area contributed by atoms with Crippen molar-refractivity contribution in [1.29, 1.82) is 0 Å². The van der Waals surface area contributed by atoms with Crippen molar-refractivity contribution in [2.75, 3.05) is 20.3 Å². The highest BCUT2D eigenvalue weighted by molar-refractivity contribution is 5.80. The van der Waals surface area contributed by atoms with E-state index in [2.05, 4.69) is 11.9 Å².